The number of aliphatic hydroxyl groups excluding tert-OH is 1. The lowest BCUT2D eigenvalue weighted by molar-refractivity contribution is 0.275. The van der Waals surface area contributed by atoms with Crippen LogP contribution in [0.2, 0.25) is 0 Å². The summed E-state index contributed by atoms with van der Waals surface area (Å²) in [6, 6.07) is 4.60. The summed E-state index contributed by atoms with van der Waals surface area (Å²) < 4.78 is 4.94. The molecular formula is C10H15NO3. The molecule has 1 atom stereocenters. The van der Waals surface area contributed by atoms with Crippen molar-refractivity contribution in [3.63, 3.8) is 0 Å². The first-order valence-corrected chi connectivity index (χ1v) is 4.42. The summed E-state index contributed by atoms with van der Waals surface area (Å²) in [5.41, 5.74) is 6.36. The number of rotatable bonds is 4. The smallest absolute Gasteiger partial charge is 0.124 e. The normalized spacial score (nSPS) is 12.5. The maximum absolute atomic E-state index is 9.58. The molecular weight excluding hydrogens is 182 g/mol. The number of phenols is 1. The summed E-state index contributed by atoms with van der Waals surface area (Å²) in [5, 5.41) is 18.3. The van der Waals surface area contributed by atoms with Crippen LogP contribution in [0.15, 0.2) is 18.2 Å². The van der Waals surface area contributed by atoms with Gasteiger partial charge < -0.3 is 20.7 Å². The molecule has 0 aliphatic rings. The highest BCUT2D eigenvalue weighted by molar-refractivity contribution is 5.41. The predicted molar refractivity (Wildman–Crippen MR) is 53.3 cm³/mol. The van der Waals surface area contributed by atoms with Gasteiger partial charge in [0.15, 0.2) is 0 Å². The van der Waals surface area contributed by atoms with Crippen LogP contribution in [0.5, 0.6) is 11.5 Å². The molecule has 1 aromatic rings. The second kappa shape index (κ2) is 4.83. The van der Waals surface area contributed by atoms with Crippen LogP contribution in [-0.2, 0) is 0 Å². The van der Waals surface area contributed by atoms with Gasteiger partial charge >= 0.3 is 0 Å². The molecule has 4 heteroatoms. The first-order valence-electron chi connectivity index (χ1n) is 4.42. The molecule has 78 valence electrons. The van der Waals surface area contributed by atoms with E-state index in [0.717, 1.165) is 0 Å². The molecule has 0 radical (unpaired) electrons. The van der Waals surface area contributed by atoms with E-state index >= 15 is 0 Å². The summed E-state index contributed by atoms with van der Waals surface area (Å²) in [7, 11) is 1.53. The van der Waals surface area contributed by atoms with Gasteiger partial charge in [0.1, 0.15) is 11.5 Å². The molecule has 0 aliphatic heterocycles. The molecule has 0 aromatic heterocycles. The third kappa shape index (κ3) is 2.37. The van der Waals surface area contributed by atoms with Gasteiger partial charge in [-0.25, -0.2) is 0 Å². The molecule has 0 bridgehead atoms. The minimum atomic E-state index is -0.342. The van der Waals surface area contributed by atoms with E-state index in [1.807, 2.05) is 0 Å². The lowest BCUT2D eigenvalue weighted by atomic mass is 10.0. The Labute approximate surface area is 82.9 Å². The Bertz CT molecular complexity index is 301. The average Bonchev–Trinajstić information content (AvgIpc) is 2.17. The van der Waals surface area contributed by atoms with Crippen LogP contribution in [0.1, 0.15) is 18.0 Å². The van der Waals surface area contributed by atoms with E-state index in [-0.39, 0.29) is 18.4 Å². The van der Waals surface area contributed by atoms with Crippen LogP contribution in [0.25, 0.3) is 0 Å². The third-order valence-corrected chi connectivity index (χ3v) is 2.08. The summed E-state index contributed by atoms with van der Waals surface area (Å²) in [4.78, 5) is 0. The van der Waals surface area contributed by atoms with Crippen molar-refractivity contribution in [1.29, 1.82) is 0 Å². The molecule has 0 saturated heterocycles. The van der Waals surface area contributed by atoms with Gasteiger partial charge in [0.05, 0.1) is 7.11 Å². The van der Waals surface area contributed by atoms with E-state index in [2.05, 4.69) is 0 Å². The Balaban J connectivity index is 2.88. The van der Waals surface area contributed by atoms with E-state index in [0.29, 0.717) is 17.7 Å². The highest BCUT2D eigenvalue weighted by Gasteiger charge is 2.10. The largest absolute Gasteiger partial charge is 0.507 e. The van der Waals surface area contributed by atoms with Crippen LogP contribution in [0.4, 0.5) is 0 Å². The first kappa shape index (κ1) is 10.8. The Morgan fingerprint density at radius 1 is 1.50 bits per heavy atom. The number of nitrogens with two attached hydrogens (primary N) is 1. The van der Waals surface area contributed by atoms with E-state index < -0.39 is 0 Å². The zero-order chi connectivity index (χ0) is 10.6. The third-order valence-electron chi connectivity index (χ3n) is 2.08. The van der Waals surface area contributed by atoms with Crippen molar-refractivity contribution in [2.45, 2.75) is 12.5 Å². The fraction of sp³-hybridized carbons (Fsp3) is 0.400. The number of phenolic OH excluding ortho intramolecular Hbond substituents is 1. The number of hydrogen-bond acceptors (Lipinski definition) is 4. The predicted octanol–water partition coefficient (Wildman–Crippen LogP) is 0.783. The van der Waals surface area contributed by atoms with E-state index in [9.17, 15) is 5.11 Å². The van der Waals surface area contributed by atoms with Crippen LogP contribution >= 0.6 is 0 Å². The zero-order valence-corrected chi connectivity index (χ0v) is 8.10. The maximum atomic E-state index is 9.58. The van der Waals surface area contributed by atoms with E-state index in [1.54, 1.807) is 12.1 Å². The fourth-order valence-corrected chi connectivity index (χ4v) is 1.26. The van der Waals surface area contributed by atoms with Crippen molar-refractivity contribution >= 4 is 0 Å². The molecule has 1 aromatic carbocycles. The van der Waals surface area contributed by atoms with Gasteiger partial charge in [-0.15, -0.1) is 0 Å². The molecule has 0 heterocycles. The van der Waals surface area contributed by atoms with E-state index in [1.165, 1.54) is 13.2 Å². The van der Waals surface area contributed by atoms with Crippen LogP contribution in [0.3, 0.4) is 0 Å². The number of hydrogen-bond donors (Lipinski definition) is 3. The number of aliphatic hydroxyl groups is 1. The second-order valence-corrected chi connectivity index (χ2v) is 3.04. The molecule has 1 rings (SSSR count). The molecule has 0 aliphatic carbocycles. The lowest BCUT2D eigenvalue weighted by Gasteiger charge is -2.12. The highest BCUT2D eigenvalue weighted by atomic mass is 16.5. The SMILES string of the molecule is COc1ccc(C(N)CCO)c(O)c1. The zero-order valence-electron chi connectivity index (χ0n) is 8.10. The summed E-state index contributed by atoms with van der Waals surface area (Å²) in [6.45, 7) is 0.00658. The molecule has 4 nitrogen and oxygen atoms in total. The van der Waals surface area contributed by atoms with Gasteiger partial charge in [-0.2, -0.15) is 0 Å². The topological polar surface area (TPSA) is 75.7 Å². The molecule has 0 fully saturated rings. The Morgan fingerprint density at radius 2 is 2.21 bits per heavy atom. The van der Waals surface area contributed by atoms with Crippen LogP contribution in [0, 0.1) is 0 Å². The van der Waals surface area contributed by atoms with Crippen molar-refractivity contribution in [2.24, 2.45) is 5.73 Å². The average molecular weight is 197 g/mol. The Kier molecular flexibility index (Phi) is 3.73. The molecule has 4 N–H and O–H groups in total. The Morgan fingerprint density at radius 3 is 2.71 bits per heavy atom. The first-order chi connectivity index (χ1) is 6.69. The molecule has 14 heavy (non-hydrogen) atoms. The van der Waals surface area contributed by atoms with Crippen molar-refractivity contribution < 1.29 is 14.9 Å². The number of aromatic hydroxyl groups is 1. The molecule has 0 spiro atoms. The van der Waals surface area contributed by atoms with Crippen LogP contribution in [-0.4, -0.2) is 23.9 Å². The summed E-state index contributed by atoms with van der Waals surface area (Å²) >= 11 is 0. The van der Waals surface area contributed by atoms with Crippen molar-refractivity contribution in [3.8, 4) is 11.5 Å². The number of methoxy groups -OCH3 is 1. The summed E-state index contributed by atoms with van der Waals surface area (Å²) in [6.07, 6.45) is 0.430. The van der Waals surface area contributed by atoms with Gasteiger partial charge in [0, 0.05) is 24.3 Å². The minimum Gasteiger partial charge on any atom is -0.507 e. The van der Waals surface area contributed by atoms with E-state index in [4.69, 9.17) is 15.6 Å². The lowest BCUT2D eigenvalue weighted by Crippen LogP contribution is -2.12. The molecule has 0 saturated carbocycles. The number of benzene rings is 1. The monoisotopic (exact) mass is 197 g/mol. The fourth-order valence-electron chi connectivity index (χ4n) is 1.26. The van der Waals surface area contributed by atoms with Crippen molar-refractivity contribution in [1.82, 2.24) is 0 Å². The van der Waals surface area contributed by atoms with Crippen molar-refractivity contribution in [2.75, 3.05) is 13.7 Å². The quantitative estimate of drug-likeness (QED) is 0.666. The second-order valence-electron chi connectivity index (χ2n) is 3.04. The molecule has 1 unspecified atom stereocenters. The van der Waals surface area contributed by atoms with Gasteiger partial charge in [-0.1, -0.05) is 6.07 Å². The van der Waals surface area contributed by atoms with Gasteiger partial charge in [-0.3, -0.25) is 0 Å². The van der Waals surface area contributed by atoms with Crippen molar-refractivity contribution in [3.05, 3.63) is 23.8 Å². The standard InChI is InChI=1S/C10H15NO3/c1-14-7-2-3-8(10(13)6-7)9(11)4-5-12/h2-3,6,9,12-13H,4-5,11H2,1H3. The van der Waals surface area contributed by atoms with Crippen LogP contribution < -0.4 is 10.5 Å². The van der Waals surface area contributed by atoms with Gasteiger partial charge in [0.25, 0.3) is 0 Å². The Hall–Kier alpha value is -1.26. The molecule has 0 amide bonds. The summed E-state index contributed by atoms with van der Waals surface area (Å²) in [5.74, 6) is 0.688. The van der Waals surface area contributed by atoms with Gasteiger partial charge in [0.2, 0.25) is 0 Å². The van der Waals surface area contributed by atoms with Gasteiger partial charge in [-0.05, 0) is 12.5 Å². The minimum absolute atomic E-state index is 0.00658. The highest BCUT2D eigenvalue weighted by Crippen LogP contribution is 2.28. The maximum Gasteiger partial charge on any atom is 0.124 e. The number of ether oxygens (including phenoxy) is 1.